The molecule has 174 valence electrons. The molecule has 0 radical (unpaired) electrons. The lowest BCUT2D eigenvalue weighted by molar-refractivity contribution is 0.105. The third kappa shape index (κ3) is 3.98. The number of halogens is 1. The van der Waals surface area contributed by atoms with Gasteiger partial charge in [0.2, 0.25) is 5.95 Å². The van der Waals surface area contributed by atoms with Crippen LogP contribution < -0.4 is 10.6 Å². The van der Waals surface area contributed by atoms with Gasteiger partial charge >= 0.3 is 6.09 Å². The zero-order valence-corrected chi connectivity index (χ0v) is 18.7. The largest absolute Gasteiger partial charge is 0.450 e. The first kappa shape index (κ1) is 21.6. The summed E-state index contributed by atoms with van der Waals surface area (Å²) < 4.78 is 20.5. The Kier molecular flexibility index (Phi) is 5.70. The molecule has 1 aliphatic heterocycles. The van der Waals surface area contributed by atoms with Gasteiger partial charge in [0.1, 0.15) is 11.6 Å². The summed E-state index contributed by atoms with van der Waals surface area (Å²) >= 11 is 0. The van der Waals surface area contributed by atoms with E-state index in [4.69, 9.17) is 20.4 Å². The maximum absolute atomic E-state index is 13.9. The summed E-state index contributed by atoms with van der Waals surface area (Å²) in [5.74, 6) is 0.447. The van der Waals surface area contributed by atoms with Gasteiger partial charge in [0.25, 0.3) is 0 Å². The van der Waals surface area contributed by atoms with E-state index in [1.807, 2.05) is 35.2 Å². The van der Waals surface area contributed by atoms with Crippen molar-refractivity contribution in [2.24, 2.45) is 0 Å². The van der Waals surface area contributed by atoms with E-state index >= 15 is 0 Å². The standard InChI is InChI=1S/C24H24FN7O2/c1-2-34-24(33)31-13-11-30(12-14-31)23-27-20(16-7-4-3-5-8-16)19-21(26)32(29-22(19)28-23)18-10-6-9-17(25)15-18/h3-10,15H,2,11-14,26H2,1H3. The van der Waals surface area contributed by atoms with Crippen LogP contribution in [-0.4, -0.2) is 63.5 Å². The average molecular weight is 462 g/mol. The predicted molar refractivity (Wildman–Crippen MR) is 127 cm³/mol. The molecule has 10 heteroatoms. The first-order chi connectivity index (χ1) is 16.5. The molecule has 0 bridgehead atoms. The molecule has 5 rings (SSSR count). The van der Waals surface area contributed by atoms with Crippen molar-refractivity contribution >= 4 is 28.9 Å². The Morgan fingerprint density at radius 1 is 1.06 bits per heavy atom. The summed E-state index contributed by atoms with van der Waals surface area (Å²) in [5.41, 5.74) is 8.92. The number of nitrogen functional groups attached to an aromatic ring is 1. The molecular formula is C24H24FN7O2. The number of nitrogens with two attached hydrogens (primary N) is 1. The highest BCUT2D eigenvalue weighted by molar-refractivity contribution is 5.99. The molecule has 2 aromatic carbocycles. The summed E-state index contributed by atoms with van der Waals surface area (Å²) in [6, 6.07) is 15.7. The van der Waals surface area contributed by atoms with Gasteiger partial charge in [-0.15, -0.1) is 5.10 Å². The van der Waals surface area contributed by atoms with Gasteiger partial charge in [-0.05, 0) is 25.1 Å². The molecule has 2 aromatic heterocycles. The van der Waals surface area contributed by atoms with Crippen LogP contribution in [0.15, 0.2) is 54.6 Å². The van der Waals surface area contributed by atoms with E-state index in [9.17, 15) is 9.18 Å². The van der Waals surface area contributed by atoms with Crippen LogP contribution in [0.2, 0.25) is 0 Å². The highest BCUT2D eigenvalue weighted by Crippen LogP contribution is 2.33. The molecule has 3 heterocycles. The highest BCUT2D eigenvalue weighted by atomic mass is 19.1. The van der Waals surface area contributed by atoms with Crippen molar-refractivity contribution in [3.8, 4) is 16.9 Å². The Morgan fingerprint density at radius 2 is 1.82 bits per heavy atom. The van der Waals surface area contributed by atoms with Crippen LogP contribution in [0.3, 0.4) is 0 Å². The van der Waals surface area contributed by atoms with Crippen LogP contribution in [0.4, 0.5) is 21.0 Å². The van der Waals surface area contributed by atoms with Crippen LogP contribution >= 0.6 is 0 Å². The molecule has 0 spiro atoms. The first-order valence-electron chi connectivity index (χ1n) is 11.1. The Hall–Kier alpha value is -4.21. The predicted octanol–water partition coefficient (Wildman–Crippen LogP) is 3.48. The number of rotatable bonds is 4. The van der Waals surface area contributed by atoms with E-state index in [-0.39, 0.29) is 11.9 Å². The van der Waals surface area contributed by atoms with Gasteiger partial charge in [-0.25, -0.2) is 18.9 Å². The first-order valence-corrected chi connectivity index (χ1v) is 11.1. The van der Waals surface area contributed by atoms with E-state index < -0.39 is 0 Å². The normalized spacial score (nSPS) is 13.9. The fourth-order valence-corrected chi connectivity index (χ4v) is 4.05. The number of fused-ring (bicyclic) bond motifs is 1. The summed E-state index contributed by atoms with van der Waals surface area (Å²) in [5, 5.41) is 5.20. The molecule has 0 saturated carbocycles. The minimum Gasteiger partial charge on any atom is -0.450 e. The van der Waals surface area contributed by atoms with Crippen molar-refractivity contribution in [1.29, 1.82) is 0 Å². The monoisotopic (exact) mass is 461 g/mol. The van der Waals surface area contributed by atoms with Gasteiger partial charge in [0.15, 0.2) is 5.65 Å². The molecule has 0 aliphatic carbocycles. The number of ether oxygens (including phenoxy) is 1. The van der Waals surface area contributed by atoms with Crippen LogP contribution in [0.25, 0.3) is 28.0 Å². The number of carbonyl (C=O) groups excluding carboxylic acids is 1. The second-order valence-corrected chi connectivity index (χ2v) is 7.89. The summed E-state index contributed by atoms with van der Waals surface area (Å²) in [7, 11) is 0. The van der Waals surface area contributed by atoms with E-state index in [1.54, 1.807) is 24.0 Å². The van der Waals surface area contributed by atoms with E-state index in [0.29, 0.717) is 67.0 Å². The lowest BCUT2D eigenvalue weighted by Crippen LogP contribution is -2.49. The molecule has 4 aromatic rings. The molecule has 1 fully saturated rings. The number of anilines is 2. The van der Waals surface area contributed by atoms with Crippen LogP contribution in [0, 0.1) is 5.82 Å². The molecule has 34 heavy (non-hydrogen) atoms. The highest BCUT2D eigenvalue weighted by Gasteiger charge is 2.26. The van der Waals surface area contributed by atoms with Crippen molar-refractivity contribution in [1.82, 2.24) is 24.6 Å². The molecule has 1 amide bonds. The molecule has 2 N–H and O–H groups in total. The second kappa shape index (κ2) is 8.97. The van der Waals surface area contributed by atoms with Gasteiger partial charge in [-0.3, -0.25) is 0 Å². The van der Waals surface area contributed by atoms with Gasteiger partial charge in [-0.2, -0.15) is 4.98 Å². The summed E-state index contributed by atoms with van der Waals surface area (Å²) in [6.45, 7) is 4.24. The summed E-state index contributed by atoms with van der Waals surface area (Å²) in [6.07, 6.45) is -0.315. The Bertz CT molecular complexity index is 1330. The number of piperazine rings is 1. The summed E-state index contributed by atoms with van der Waals surface area (Å²) in [4.78, 5) is 25.3. The van der Waals surface area contributed by atoms with Crippen molar-refractivity contribution in [2.45, 2.75) is 6.92 Å². The quantitative estimate of drug-likeness (QED) is 0.496. The molecular weight excluding hydrogens is 437 g/mol. The fraction of sp³-hybridized carbons (Fsp3) is 0.250. The number of benzene rings is 2. The van der Waals surface area contributed by atoms with Crippen LogP contribution in [0.5, 0.6) is 0 Å². The topological polar surface area (TPSA) is 102 Å². The molecule has 0 atom stereocenters. The van der Waals surface area contributed by atoms with Crippen molar-refractivity contribution in [2.75, 3.05) is 43.4 Å². The molecule has 0 unspecified atom stereocenters. The third-order valence-electron chi connectivity index (χ3n) is 5.75. The maximum atomic E-state index is 13.9. The number of hydrogen-bond donors (Lipinski definition) is 1. The SMILES string of the molecule is CCOC(=O)N1CCN(c2nc(-c3ccccc3)c3c(N)n(-c4cccc(F)c4)nc3n2)CC1. The van der Waals surface area contributed by atoms with Gasteiger partial charge in [-0.1, -0.05) is 36.4 Å². The van der Waals surface area contributed by atoms with Crippen LogP contribution in [0.1, 0.15) is 6.92 Å². The number of amides is 1. The van der Waals surface area contributed by atoms with Crippen LogP contribution in [-0.2, 0) is 4.74 Å². The Morgan fingerprint density at radius 3 is 2.53 bits per heavy atom. The third-order valence-corrected chi connectivity index (χ3v) is 5.75. The smallest absolute Gasteiger partial charge is 0.409 e. The number of aromatic nitrogens is 4. The van der Waals surface area contributed by atoms with Crippen molar-refractivity contribution < 1.29 is 13.9 Å². The fourth-order valence-electron chi connectivity index (χ4n) is 4.05. The Labute approximate surface area is 195 Å². The zero-order chi connectivity index (χ0) is 23.7. The van der Waals surface area contributed by atoms with E-state index in [1.165, 1.54) is 16.8 Å². The molecule has 1 aliphatic rings. The van der Waals surface area contributed by atoms with Crippen molar-refractivity contribution in [3.05, 3.63) is 60.4 Å². The second-order valence-electron chi connectivity index (χ2n) is 7.89. The van der Waals surface area contributed by atoms with Crippen molar-refractivity contribution in [3.63, 3.8) is 0 Å². The molecule has 9 nitrogen and oxygen atoms in total. The lowest BCUT2D eigenvalue weighted by atomic mass is 10.1. The minimum atomic E-state index is -0.383. The van der Waals surface area contributed by atoms with E-state index in [0.717, 1.165) is 5.56 Å². The zero-order valence-electron chi connectivity index (χ0n) is 18.7. The van der Waals surface area contributed by atoms with Gasteiger partial charge < -0.3 is 20.3 Å². The van der Waals surface area contributed by atoms with Gasteiger partial charge in [0.05, 0.1) is 23.4 Å². The number of carbonyl (C=O) groups is 1. The van der Waals surface area contributed by atoms with E-state index in [2.05, 4.69) is 5.10 Å². The Balaban J connectivity index is 1.57. The maximum Gasteiger partial charge on any atom is 0.409 e. The number of nitrogens with zero attached hydrogens (tertiary/aromatic N) is 6. The number of hydrogen-bond acceptors (Lipinski definition) is 7. The molecule has 1 saturated heterocycles. The average Bonchev–Trinajstić information content (AvgIpc) is 3.20. The minimum absolute atomic E-state index is 0.315. The lowest BCUT2D eigenvalue weighted by Gasteiger charge is -2.34. The van der Waals surface area contributed by atoms with Gasteiger partial charge in [0, 0.05) is 31.7 Å².